The van der Waals surface area contributed by atoms with Crippen LogP contribution in [0.2, 0.25) is 10.0 Å². The predicted octanol–water partition coefficient (Wildman–Crippen LogP) is 5.59. The van der Waals surface area contributed by atoms with Crippen LogP contribution in [0, 0.1) is 5.82 Å². The zero-order valence-electron chi connectivity index (χ0n) is 20.7. The van der Waals surface area contributed by atoms with Crippen molar-refractivity contribution < 1.29 is 18.7 Å². The topological polar surface area (TPSA) is 65.1 Å². The van der Waals surface area contributed by atoms with Gasteiger partial charge >= 0.3 is 6.03 Å². The molecule has 1 fully saturated rings. The number of amides is 3. The molecule has 0 aliphatic carbocycles. The number of morpholine rings is 1. The predicted molar refractivity (Wildman–Crippen MR) is 149 cm³/mol. The highest BCUT2D eigenvalue weighted by molar-refractivity contribution is 7.09. The van der Waals surface area contributed by atoms with E-state index in [-0.39, 0.29) is 24.8 Å². The number of carbonyl (C=O) groups is 2. The molecule has 0 bridgehead atoms. The highest BCUT2D eigenvalue weighted by Crippen LogP contribution is 2.30. The Balaban J connectivity index is 1.51. The molecule has 7 nitrogen and oxygen atoms in total. The minimum atomic E-state index is -0.473. The van der Waals surface area contributed by atoms with E-state index in [0.717, 1.165) is 23.5 Å². The van der Waals surface area contributed by atoms with Crippen LogP contribution in [0.1, 0.15) is 10.4 Å². The minimum absolute atomic E-state index is 0.148. The van der Waals surface area contributed by atoms with Crippen molar-refractivity contribution in [1.82, 2.24) is 14.7 Å². The van der Waals surface area contributed by atoms with E-state index in [1.165, 1.54) is 17.0 Å². The number of hydrogen-bond acceptors (Lipinski definition) is 5. The largest absolute Gasteiger partial charge is 0.379 e. The number of ether oxygens (including phenoxy) is 1. The van der Waals surface area contributed by atoms with Crippen LogP contribution in [0.5, 0.6) is 0 Å². The Morgan fingerprint density at radius 2 is 1.68 bits per heavy atom. The SMILES string of the molecule is O=C(CN(CCN1CCOCC1)C(=O)Nc1c(Cl)cccc1Cl)N(Cc1ccc(F)cc1)Cc1cccs1. The van der Waals surface area contributed by atoms with Gasteiger partial charge in [0.15, 0.2) is 0 Å². The van der Waals surface area contributed by atoms with Crippen molar-refractivity contribution in [3.8, 4) is 0 Å². The number of thiophene rings is 1. The van der Waals surface area contributed by atoms with Gasteiger partial charge in [-0.15, -0.1) is 11.3 Å². The van der Waals surface area contributed by atoms with Crippen molar-refractivity contribution in [2.45, 2.75) is 13.1 Å². The van der Waals surface area contributed by atoms with Crippen molar-refractivity contribution in [2.24, 2.45) is 0 Å². The minimum Gasteiger partial charge on any atom is -0.379 e. The molecule has 0 spiro atoms. The van der Waals surface area contributed by atoms with E-state index >= 15 is 0 Å². The number of nitrogens with one attached hydrogen (secondary N) is 1. The molecule has 0 radical (unpaired) electrons. The summed E-state index contributed by atoms with van der Waals surface area (Å²) in [6, 6.07) is 14.4. The fourth-order valence-corrected chi connectivity index (χ4v) is 5.25. The molecule has 2 aromatic carbocycles. The van der Waals surface area contributed by atoms with Gasteiger partial charge in [0.05, 0.1) is 35.5 Å². The molecule has 1 aliphatic rings. The summed E-state index contributed by atoms with van der Waals surface area (Å²) in [5.74, 6) is -0.570. The smallest absolute Gasteiger partial charge is 0.322 e. The molecule has 1 N–H and O–H groups in total. The number of anilines is 1. The fraction of sp³-hybridized carbons (Fsp3) is 0.333. The number of halogens is 3. The molecular weight excluding hydrogens is 550 g/mol. The Kier molecular flexibility index (Phi) is 10.4. The molecule has 0 atom stereocenters. The van der Waals surface area contributed by atoms with E-state index in [1.807, 2.05) is 17.5 Å². The van der Waals surface area contributed by atoms with Crippen molar-refractivity contribution in [3.05, 3.63) is 86.3 Å². The Morgan fingerprint density at radius 1 is 0.974 bits per heavy atom. The second-order valence-electron chi connectivity index (χ2n) is 8.86. The Morgan fingerprint density at radius 3 is 2.34 bits per heavy atom. The molecule has 3 aromatic rings. The quantitative estimate of drug-likeness (QED) is 0.340. The summed E-state index contributed by atoms with van der Waals surface area (Å²) in [6.07, 6.45) is 0. The average molecular weight is 580 g/mol. The van der Waals surface area contributed by atoms with Crippen molar-refractivity contribution in [2.75, 3.05) is 51.3 Å². The van der Waals surface area contributed by atoms with Crippen LogP contribution >= 0.6 is 34.5 Å². The van der Waals surface area contributed by atoms with Gasteiger partial charge in [-0.05, 0) is 41.3 Å². The zero-order valence-corrected chi connectivity index (χ0v) is 23.1. The molecule has 1 aromatic heterocycles. The van der Waals surface area contributed by atoms with E-state index < -0.39 is 6.03 Å². The fourth-order valence-electron chi connectivity index (χ4n) is 4.04. The molecule has 0 unspecified atom stereocenters. The van der Waals surface area contributed by atoms with E-state index in [0.29, 0.717) is 48.6 Å². The molecule has 3 amide bonds. The van der Waals surface area contributed by atoms with Gasteiger partial charge < -0.3 is 19.9 Å². The summed E-state index contributed by atoms with van der Waals surface area (Å²) < 4.78 is 18.9. The van der Waals surface area contributed by atoms with E-state index in [4.69, 9.17) is 27.9 Å². The molecule has 38 heavy (non-hydrogen) atoms. The summed E-state index contributed by atoms with van der Waals surface area (Å²) >= 11 is 14.1. The van der Waals surface area contributed by atoms with Crippen LogP contribution in [-0.4, -0.2) is 72.6 Å². The highest BCUT2D eigenvalue weighted by Gasteiger charge is 2.24. The molecular formula is C27H29Cl2FN4O3S. The molecule has 11 heteroatoms. The molecule has 202 valence electrons. The third kappa shape index (κ3) is 8.15. The number of urea groups is 1. The normalized spacial score (nSPS) is 13.8. The Hall–Kier alpha value is -2.69. The van der Waals surface area contributed by atoms with E-state index in [1.54, 1.807) is 46.6 Å². The maximum absolute atomic E-state index is 13.6. The van der Waals surface area contributed by atoms with Gasteiger partial charge in [-0.3, -0.25) is 9.69 Å². The first-order valence-corrected chi connectivity index (χ1v) is 13.9. The van der Waals surface area contributed by atoms with Gasteiger partial charge in [-0.25, -0.2) is 9.18 Å². The van der Waals surface area contributed by atoms with E-state index in [9.17, 15) is 14.0 Å². The first-order chi connectivity index (χ1) is 18.4. The lowest BCUT2D eigenvalue weighted by atomic mass is 10.2. The standard InChI is InChI=1S/C27H29Cl2FN4O3S/c28-23-4-1-5-24(29)26(23)31-27(36)33(11-10-32-12-14-37-15-13-32)19-25(35)34(18-22-3-2-16-38-22)17-20-6-8-21(30)9-7-20/h1-9,16H,10-15,17-19H2,(H,31,36). The monoisotopic (exact) mass is 578 g/mol. The zero-order chi connectivity index (χ0) is 26.9. The van der Waals surface area contributed by atoms with Crippen LogP contribution in [0.3, 0.4) is 0 Å². The van der Waals surface area contributed by atoms with E-state index in [2.05, 4.69) is 10.2 Å². The lowest BCUT2D eigenvalue weighted by Crippen LogP contribution is -2.48. The lowest BCUT2D eigenvalue weighted by Gasteiger charge is -2.31. The summed E-state index contributed by atoms with van der Waals surface area (Å²) in [7, 11) is 0. The average Bonchev–Trinajstić information content (AvgIpc) is 3.43. The van der Waals surface area contributed by atoms with Crippen molar-refractivity contribution in [1.29, 1.82) is 0 Å². The maximum atomic E-state index is 13.6. The van der Waals surface area contributed by atoms with Gasteiger partial charge in [0.2, 0.25) is 5.91 Å². The van der Waals surface area contributed by atoms with Crippen molar-refractivity contribution >= 4 is 52.2 Å². The number of rotatable bonds is 10. The summed E-state index contributed by atoms with van der Waals surface area (Å²) in [5, 5.41) is 5.34. The Labute approximate surface area is 235 Å². The van der Waals surface area contributed by atoms with Crippen LogP contribution < -0.4 is 5.32 Å². The highest BCUT2D eigenvalue weighted by atomic mass is 35.5. The van der Waals surface area contributed by atoms with Gasteiger partial charge in [-0.2, -0.15) is 0 Å². The van der Waals surface area contributed by atoms with Crippen LogP contribution in [0.15, 0.2) is 60.0 Å². The number of para-hydroxylation sites is 1. The Bertz CT molecular complexity index is 1190. The lowest BCUT2D eigenvalue weighted by molar-refractivity contribution is -0.133. The molecule has 2 heterocycles. The molecule has 1 saturated heterocycles. The van der Waals surface area contributed by atoms with Gasteiger partial charge in [-0.1, -0.05) is 47.5 Å². The van der Waals surface area contributed by atoms with Crippen molar-refractivity contribution in [3.63, 3.8) is 0 Å². The van der Waals surface area contributed by atoms with Crippen LogP contribution in [-0.2, 0) is 22.6 Å². The number of carbonyl (C=O) groups excluding carboxylic acids is 2. The summed E-state index contributed by atoms with van der Waals surface area (Å²) in [4.78, 5) is 33.4. The number of benzene rings is 2. The maximum Gasteiger partial charge on any atom is 0.322 e. The third-order valence-electron chi connectivity index (χ3n) is 6.16. The molecule has 4 rings (SSSR count). The first-order valence-electron chi connectivity index (χ1n) is 12.2. The second kappa shape index (κ2) is 13.9. The molecule has 1 aliphatic heterocycles. The first kappa shape index (κ1) is 28.3. The van der Waals surface area contributed by atoms with Gasteiger partial charge in [0.1, 0.15) is 12.4 Å². The van der Waals surface area contributed by atoms with Gasteiger partial charge in [0.25, 0.3) is 0 Å². The molecule has 0 saturated carbocycles. The van der Waals surface area contributed by atoms with Crippen LogP contribution in [0.4, 0.5) is 14.9 Å². The third-order valence-corrected chi connectivity index (χ3v) is 7.66. The summed E-state index contributed by atoms with van der Waals surface area (Å²) in [6.45, 7) is 4.20. The summed E-state index contributed by atoms with van der Waals surface area (Å²) in [5.41, 5.74) is 1.09. The van der Waals surface area contributed by atoms with Gasteiger partial charge in [0, 0.05) is 37.6 Å². The number of nitrogens with zero attached hydrogens (tertiary/aromatic N) is 3. The van der Waals surface area contributed by atoms with Crippen LogP contribution in [0.25, 0.3) is 0 Å². The number of hydrogen-bond donors (Lipinski definition) is 1. The second-order valence-corrected chi connectivity index (χ2v) is 10.7.